The number of amides is 1. The molecule has 0 atom stereocenters. The van der Waals surface area contributed by atoms with Crippen molar-refractivity contribution in [1.29, 1.82) is 0 Å². The van der Waals surface area contributed by atoms with Gasteiger partial charge < -0.3 is 24.6 Å². The van der Waals surface area contributed by atoms with Crippen LogP contribution in [0, 0.1) is 5.41 Å². The normalized spacial score (nSPS) is 16.0. The summed E-state index contributed by atoms with van der Waals surface area (Å²) in [5.41, 5.74) is -0.617. The molecule has 0 aromatic heterocycles. The fourth-order valence-electron chi connectivity index (χ4n) is 3.32. The average molecular weight is 351 g/mol. The number of nitrogens with one attached hydrogen (secondary N) is 1. The summed E-state index contributed by atoms with van der Waals surface area (Å²) < 4.78 is 15.8. The van der Waals surface area contributed by atoms with E-state index in [9.17, 15) is 14.7 Å². The fourth-order valence-corrected chi connectivity index (χ4v) is 3.32. The molecule has 1 saturated carbocycles. The minimum atomic E-state index is -0.891. The van der Waals surface area contributed by atoms with Crippen molar-refractivity contribution in [1.82, 2.24) is 5.32 Å². The lowest BCUT2D eigenvalue weighted by molar-refractivity contribution is -0.150. The molecule has 2 N–H and O–H groups in total. The molecule has 7 heteroatoms. The molecule has 0 spiro atoms. The minimum Gasteiger partial charge on any atom is -0.493 e. The van der Waals surface area contributed by atoms with E-state index in [0.29, 0.717) is 24.3 Å². The van der Waals surface area contributed by atoms with Gasteiger partial charge in [0.2, 0.25) is 5.75 Å². The van der Waals surface area contributed by atoms with E-state index in [1.165, 1.54) is 21.3 Å². The number of hydrogen-bond donors (Lipinski definition) is 2. The summed E-state index contributed by atoms with van der Waals surface area (Å²) in [5, 5.41) is 12.4. The highest BCUT2D eigenvalue weighted by molar-refractivity contribution is 5.98. The molecule has 2 rings (SSSR count). The van der Waals surface area contributed by atoms with Crippen LogP contribution < -0.4 is 19.5 Å². The Labute approximate surface area is 147 Å². The largest absolute Gasteiger partial charge is 0.493 e. The Hall–Kier alpha value is -2.44. The first-order valence-electron chi connectivity index (χ1n) is 8.29. The van der Waals surface area contributed by atoms with Gasteiger partial charge in [-0.25, -0.2) is 0 Å². The molecule has 1 aliphatic rings. The zero-order valence-corrected chi connectivity index (χ0v) is 14.9. The molecule has 1 fully saturated rings. The minimum absolute atomic E-state index is 0.0959. The predicted octanol–water partition coefficient (Wildman–Crippen LogP) is 2.48. The first-order valence-corrected chi connectivity index (χ1v) is 8.29. The van der Waals surface area contributed by atoms with E-state index in [1.54, 1.807) is 12.1 Å². The number of methoxy groups -OCH3 is 3. The van der Waals surface area contributed by atoms with Crippen LogP contribution in [0.5, 0.6) is 17.2 Å². The van der Waals surface area contributed by atoms with Crippen LogP contribution in [0.4, 0.5) is 0 Å². The molecule has 0 bridgehead atoms. The van der Waals surface area contributed by atoms with Gasteiger partial charge in [-0.15, -0.1) is 0 Å². The van der Waals surface area contributed by atoms with Gasteiger partial charge in [0, 0.05) is 6.54 Å². The maximum absolute atomic E-state index is 12.6. The van der Waals surface area contributed by atoms with Crippen LogP contribution >= 0.6 is 0 Å². The number of aliphatic carboxylic acids is 1. The third-order valence-electron chi connectivity index (χ3n) is 4.80. The second-order valence-corrected chi connectivity index (χ2v) is 6.21. The van der Waals surface area contributed by atoms with E-state index in [0.717, 1.165) is 19.3 Å². The van der Waals surface area contributed by atoms with Gasteiger partial charge in [0.1, 0.15) is 0 Å². The number of carbonyl (C=O) groups is 2. The quantitative estimate of drug-likeness (QED) is 0.784. The Morgan fingerprint density at radius 1 is 1.04 bits per heavy atom. The number of ether oxygens (including phenoxy) is 3. The number of carboxylic acid groups (broad SMARTS) is 1. The molecule has 0 heterocycles. The first kappa shape index (κ1) is 18.9. The monoisotopic (exact) mass is 351 g/mol. The van der Waals surface area contributed by atoms with Crippen molar-refractivity contribution in [2.24, 2.45) is 5.41 Å². The Morgan fingerprint density at radius 3 is 2.20 bits per heavy atom. The molecular formula is C18H25NO6. The van der Waals surface area contributed by atoms with Crippen LogP contribution in [0.15, 0.2) is 12.1 Å². The molecule has 0 unspecified atom stereocenters. The molecule has 1 amide bonds. The third-order valence-corrected chi connectivity index (χ3v) is 4.80. The number of hydrogen-bond acceptors (Lipinski definition) is 5. The van der Waals surface area contributed by atoms with E-state index in [4.69, 9.17) is 14.2 Å². The van der Waals surface area contributed by atoms with Crippen LogP contribution in [0.25, 0.3) is 0 Å². The lowest BCUT2D eigenvalue weighted by Crippen LogP contribution is -2.44. The number of carboxylic acids is 1. The second kappa shape index (κ2) is 8.09. The molecule has 0 saturated heterocycles. The molecule has 138 valence electrons. The van der Waals surface area contributed by atoms with Gasteiger partial charge in [0.15, 0.2) is 11.5 Å². The van der Waals surface area contributed by atoms with Gasteiger partial charge >= 0.3 is 5.97 Å². The summed E-state index contributed by atoms with van der Waals surface area (Å²) in [7, 11) is 4.40. The molecule has 7 nitrogen and oxygen atoms in total. The Kier molecular flexibility index (Phi) is 6.12. The maximum Gasteiger partial charge on any atom is 0.311 e. The molecule has 1 aliphatic carbocycles. The Balaban J connectivity index is 2.22. The zero-order chi connectivity index (χ0) is 18.4. The van der Waals surface area contributed by atoms with E-state index < -0.39 is 17.3 Å². The Morgan fingerprint density at radius 2 is 1.68 bits per heavy atom. The second-order valence-electron chi connectivity index (χ2n) is 6.21. The van der Waals surface area contributed by atoms with Gasteiger partial charge in [0.05, 0.1) is 32.3 Å². The highest BCUT2D eigenvalue weighted by atomic mass is 16.5. The summed E-state index contributed by atoms with van der Waals surface area (Å²) in [6, 6.07) is 3.19. The van der Waals surface area contributed by atoms with E-state index >= 15 is 0 Å². The number of carbonyl (C=O) groups excluding carboxylic acids is 1. The molecular weight excluding hydrogens is 326 g/mol. The van der Waals surface area contributed by atoms with Crippen LogP contribution in [-0.4, -0.2) is 44.9 Å². The predicted molar refractivity (Wildman–Crippen MR) is 91.6 cm³/mol. The molecule has 0 radical (unpaired) electrons. The van der Waals surface area contributed by atoms with Crippen molar-refractivity contribution in [3.63, 3.8) is 0 Å². The Bertz CT molecular complexity index is 637. The van der Waals surface area contributed by atoms with E-state index in [2.05, 4.69) is 5.32 Å². The van der Waals surface area contributed by atoms with Crippen LogP contribution in [0.1, 0.15) is 42.5 Å². The fraction of sp³-hybridized carbons (Fsp3) is 0.556. The average Bonchev–Trinajstić information content (AvgIpc) is 2.65. The summed E-state index contributed by atoms with van der Waals surface area (Å²) in [4.78, 5) is 24.3. The lowest BCUT2D eigenvalue weighted by Gasteiger charge is -2.33. The standard InChI is InChI=1S/C18H25NO6/c1-23-13-8-7-12(14(24-2)15(13)25-3)16(20)19-11-18(17(21)22)9-5-4-6-10-18/h7-8H,4-6,9-11H2,1-3H3,(H,19,20)(H,21,22). The van der Waals surface area contributed by atoms with E-state index in [1.807, 2.05) is 0 Å². The highest BCUT2D eigenvalue weighted by Gasteiger charge is 2.40. The first-order chi connectivity index (χ1) is 12.0. The summed E-state index contributed by atoms with van der Waals surface area (Å²) in [6.07, 6.45) is 3.91. The lowest BCUT2D eigenvalue weighted by atomic mass is 9.74. The smallest absolute Gasteiger partial charge is 0.311 e. The van der Waals surface area contributed by atoms with Crippen molar-refractivity contribution in [3.05, 3.63) is 17.7 Å². The SMILES string of the molecule is COc1ccc(C(=O)NCC2(C(=O)O)CCCCC2)c(OC)c1OC. The molecule has 1 aromatic rings. The van der Waals surface area contributed by atoms with E-state index in [-0.39, 0.29) is 17.9 Å². The van der Waals surface area contributed by atoms with Crippen molar-refractivity contribution in [2.75, 3.05) is 27.9 Å². The number of rotatable bonds is 7. The van der Waals surface area contributed by atoms with Gasteiger partial charge in [-0.2, -0.15) is 0 Å². The van der Waals surface area contributed by atoms with Crippen LogP contribution in [0.2, 0.25) is 0 Å². The van der Waals surface area contributed by atoms with Gasteiger partial charge in [0.25, 0.3) is 5.91 Å². The summed E-state index contributed by atoms with van der Waals surface area (Å²) >= 11 is 0. The molecule has 25 heavy (non-hydrogen) atoms. The zero-order valence-electron chi connectivity index (χ0n) is 14.9. The summed E-state index contributed by atoms with van der Waals surface area (Å²) in [6.45, 7) is 0.0959. The number of benzene rings is 1. The molecule has 0 aliphatic heterocycles. The van der Waals surface area contributed by atoms with Crippen molar-refractivity contribution < 1.29 is 28.9 Å². The van der Waals surface area contributed by atoms with Gasteiger partial charge in [-0.05, 0) is 25.0 Å². The van der Waals surface area contributed by atoms with Gasteiger partial charge in [-0.1, -0.05) is 19.3 Å². The topological polar surface area (TPSA) is 94.1 Å². The van der Waals surface area contributed by atoms with Crippen molar-refractivity contribution >= 4 is 11.9 Å². The third kappa shape index (κ3) is 3.81. The van der Waals surface area contributed by atoms with Crippen molar-refractivity contribution in [2.45, 2.75) is 32.1 Å². The van der Waals surface area contributed by atoms with Crippen LogP contribution in [-0.2, 0) is 4.79 Å². The van der Waals surface area contributed by atoms with Crippen molar-refractivity contribution in [3.8, 4) is 17.2 Å². The van der Waals surface area contributed by atoms with Crippen LogP contribution in [0.3, 0.4) is 0 Å². The molecule has 1 aromatic carbocycles. The summed E-state index contributed by atoms with van der Waals surface area (Å²) in [5.74, 6) is -0.225. The van der Waals surface area contributed by atoms with Gasteiger partial charge in [-0.3, -0.25) is 9.59 Å². The maximum atomic E-state index is 12.6. The highest BCUT2D eigenvalue weighted by Crippen LogP contribution is 2.40.